The monoisotopic (exact) mass is 881 g/mol. The van der Waals surface area contributed by atoms with Crippen molar-refractivity contribution in [1.29, 1.82) is 0 Å². The second kappa shape index (κ2) is 53.9. The van der Waals surface area contributed by atoms with Crippen molar-refractivity contribution in [3.05, 3.63) is 60.8 Å². The number of hydrogen-bond donors (Lipinski definition) is 1. The molecule has 0 aliphatic rings. The van der Waals surface area contributed by atoms with E-state index in [0.29, 0.717) is 12.8 Å². The fourth-order valence-electron chi connectivity index (χ4n) is 8.00. The number of carbonyl (C=O) groups is 2. The second-order valence-electron chi connectivity index (χ2n) is 18.3. The highest BCUT2D eigenvalue weighted by Crippen LogP contribution is 2.17. The lowest BCUT2D eigenvalue weighted by Gasteiger charge is -2.15. The molecule has 1 unspecified atom stereocenters. The van der Waals surface area contributed by atoms with Gasteiger partial charge in [-0.1, -0.05) is 267 Å². The van der Waals surface area contributed by atoms with E-state index in [-0.39, 0.29) is 25.2 Å². The molecule has 0 saturated heterocycles. The van der Waals surface area contributed by atoms with Crippen LogP contribution in [-0.2, 0) is 19.1 Å². The summed E-state index contributed by atoms with van der Waals surface area (Å²) in [5, 5.41) is 9.65. The highest BCUT2D eigenvalue weighted by atomic mass is 16.6. The smallest absolute Gasteiger partial charge is 0.306 e. The number of esters is 2. The molecule has 0 fully saturated rings. The summed E-state index contributed by atoms with van der Waals surface area (Å²) in [6, 6.07) is 0. The molecule has 0 rings (SSSR count). The number of rotatable bonds is 50. The van der Waals surface area contributed by atoms with Gasteiger partial charge in [-0.15, -0.1) is 0 Å². The Kier molecular flexibility index (Phi) is 51.9. The van der Waals surface area contributed by atoms with Gasteiger partial charge in [0.15, 0.2) is 6.10 Å². The second-order valence-corrected chi connectivity index (χ2v) is 18.3. The van der Waals surface area contributed by atoms with Crippen molar-refractivity contribution in [3.8, 4) is 0 Å². The standard InChI is InChI=1S/C58H104O5/c1-3-5-7-9-11-13-15-17-19-21-23-25-27-29-31-33-35-37-39-41-43-45-47-49-51-53-58(61)63-56(54-59)55-62-57(60)52-50-48-46-44-42-40-38-36-34-32-30-28-26-24-22-20-18-16-14-12-10-8-6-4-2/h5,7,11,13,17,19,23,25,29,31,56,59H,3-4,6,8-10,12,14-16,18,20-22,24,26-28,30,32-55H2,1-2H3/b7-5-,13-11-,19-17-,25-23-,31-29-. The van der Waals surface area contributed by atoms with E-state index >= 15 is 0 Å². The number of aliphatic hydroxyl groups excluding tert-OH is 1. The molecule has 0 radical (unpaired) electrons. The number of aliphatic hydroxyl groups is 1. The molecule has 366 valence electrons. The maximum atomic E-state index is 12.3. The zero-order valence-corrected chi connectivity index (χ0v) is 41.8. The van der Waals surface area contributed by atoms with Crippen molar-refractivity contribution >= 4 is 11.9 Å². The van der Waals surface area contributed by atoms with Crippen LogP contribution in [0.3, 0.4) is 0 Å². The number of ether oxygens (including phenoxy) is 2. The summed E-state index contributed by atoms with van der Waals surface area (Å²) in [6.45, 7) is 4.06. The molecule has 0 aromatic rings. The van der Waals surface area contributed by atoms with Crippen molar-refractivity contribution in [2.45, 2.75) is 283 Å². The van der Waals surface area contributed by atoms with Gasteiger partial charge in [-0.25, -0.2) is 0 Å². The average Bonchev–Trinajstić information content (AvgIpc) is 3.29. The highest BCUT2D eigenvalue weighted by Gasteiger charge is 2.16. The van der Waals surface area contributed by atoms with Crippen LogP contribution in [-0.4, -0.2) is 36.4 Å². The molecule has 5 nitrogen and oxygen atoms in total. The van der Waals surface area contributed by atoms with Crippen LogP contribution >= 0.6 is 0 Å². The molecule has 0 aromatic heterocycles. The summed E-state index contributed by atoms with van der Waals surface area (Å²) in [5.41, 5.74) is 0. The molecule has 1 atom stereocenters. The minimum Gasteiger partial charge on any atom is -0.462 e. The molecule has 1 N–H and O–H groups in total. The molecular weight excluding hydrogens is 777 g/mol. The average molecular weight is 881 g/mol. The van der Waals surface area contributed by atoms with Crippen molar-refractivity contribution in [2.75, 3.05) is 13.2 Å². The summed E-state index contributed by atoms with van der Waals surface area (Å²) in [7, 11) is 0. The van der Waals surface area contributed by atoms with Gasteiger partial charge in [-0.2, -0.15) is 0 Å². The van der Waals surface area contributed by atoms with Crippen molar-refractivity contribution in [2.24, 2.45) is 0 Å². The zero-order chi connectivity index (χ0) is 45.6. The maximum Gasteiger partial charge on any atom is 0.306 e. The Labute approximate surface area is 391 Å². The molecule has 0 aliphatic carbocycles. The summed E-state index contributed by atoms with van der Waals surface area (Å²) < 4.78 is 10.7. The highest BCUT2D eigenvalue weighted by molar-refractivity contribution is 5.70. The van der Waals surface area contributed by atoms with Gasteiger partial charge in [0.25, 0.3) is 0 Å². The molecular formula is C58H104O5. The van der Waals surface area contributed by atoms with E-state index in [9.17, 15) is 14.7 Å². The van der Waals surface area contributed by atoms with E-state index in [2.05, 4.69) is 74.6 Å². The summed E-state index contributed by atoms with van der Waals surface area (Å²) >= 11 is 0. The molecule has 0 heterocycles. The predicted molar refractivity (Wildman–Crippen MR) is 274 cm³/mol. The number of carbonyl (C=O) groups excluding carboxylic acids is 2. The molecule has 0 bridgehead atoms. The van der Waals surface area contributed by atoms with Crippen LogP contribution in [0.5, 0.6) is 0 Å². The molecule has 0 spiro atoms. The van der Waals surface area contributed by atoms with Crippen molar-refractivity contribution in [3.63, 3.8) is 0 Å². The van der Waals surface area contributed by atoms with E-state index in [1.807, 2.05) is 0 Å². The van der Waals surface area contributed by atoms with E-state index < -0.39 is 6.10 Å². The van der Waals surface area contributed by atoms with Crippen LogP contribution in [0.25, 0.3) is 0 Å². The number of hydrogen-bond acceptors (Lipinski definition) is 5. The molecule has 0 amide bonds. The predicted octanol–water partition coefficient (Wildman–Crippen LogP) is 18.2. The Bertz CT molecular complexity index is 1090. The fraction of sp³-hybridized carbons (Fsp3) is 0.793. The summed E-state index contributed by atoms with van der Waals surface area (Å²) in [5.74, 6) is -0.587. The quantitative estimate of drug-likeness (QED) is 0.0374. The van der Waals surface area contributed by atoms with E-state index in [1.165, 1.54) is 180 Å². The minimum atomic E-state index is -0.776. The Hall–Kier alpha value is -2.40. The van der Waals surface area contributed by atoms with Crippen LogP contribution in [0.1, 0.15) is 277 Å². The first-order valence-corrected chi connectivity index (χ1v) is 27.3. The first-order valence-electron chi connectivity index (χ1n) is 27.3. The van der Waals surface area contributed by atoms with Gasteiger partial charge in [-0.05, 0) is 57.8 Å². The lowest BCUT2D eigenvalue weighted by atomic mass is 10.0. The normalized spacial score (nSPS) is 12.6. The van der Waals surface area contributed by atoms with Gasteiger partial charge in [0.05, 0.1) is 6.61 Å². The van der Waals surface area contributed by atoms with Crippen LogP contribution in [0.4, 0.5) is 0 Å². The molecule has 0 saturated carbocycles. The van der Waals surface area contributed by atoms with Crippen LogP contribution in [0.15, 0.2) is 60.8 Å². The molecule has 5 heteroatoms. The molecule has 0 aromatic carbocycles. The number of unbranched alkanes of at least 4 members (excludes halogenated alkanes) is 32. The van der Waals surface area contributed by atoms with E-state index in [0.717, 1.165) is 70.6 Å². The van der Waals surface area contributed by atoms with E-state index in [4.69, 9.17) is 9.47 Å². The SMILES string of the molecule is CC/C=C\C/C=C\C/C=C\C/C=C\C/C=C\CCCCCCCCCCCC(=O)OC(CO)COC(=O)CCCCCCCCCCCCCCCCCCCCCCCCCC. The third-order valence-corrected chi connectivity index (χ3v) is 12.1. The van der Waals surface area contributed by atoms with Gasteiger partial charge >= 0.3 is 11.9 Å². The zero-order valence-electron chi connectivity index (χ0n) is 41.8. The van der Waals surface area contributed by atoms with Gasteiger partial charge in [-0.3, -0.25) is 9.59 Å². The van der Waals surface area contributed by atoms with Crippen molar-refractivity contribution in [1.82, 2.24) is 0 Å². The van der Waals surface area contributed by atoms with Gasteiger partial charge in [0.2, 0.25) is 0 Å². The Morgan fingerprint density at radius 3 is 1.03 bits per heavy atom. The third kappa shape index (κ3) is 52.1. The molecule has 63 heavy (non-hydrogen) atoms. The lowest BCUT2D eigenvalue weighted by Crippen LogP contribution is -2.28. The third-order valence-electron chi connectivity index (χ3n) is 12.1. The fourth-order valence-corrected chi connectivity index (χ4v) is 8.00. The first kappa shape index (κ1) is 60.6. The van der Waals surface area contributed by atoms with Gasteiger partial charge in [0, 0.05) is 12.8 Å². The largest absolute Gasteiger partial charge is 0.462 e. The van der Waals surface area contributed by atoms with Crippen LogP contribution in [0, 0.1) is 0 Å². The lowest BCUT2D eigenvalue weighted by molar-refractivity contribution is -0.161. The Balaban J connectivity index is 3.49. The van der Waals surface area contributed by atoms with Gasteiger partial charge in [0.1, 0.15) is 6.61 Å². The van der Waals surface area contributed by atoms with Crippen LogP contribution < -0.4 is 0 Å². The topological polar surface area (TPSA) is 72.8 Å². The van der Waals surface area contributed by atoms with Gasteiger partial charge < -0.3 is 14.6 Å². The van der Waals surface area contributed by atoms with Crippen LogP contribution in [0.2, 0.25) is 0 Å². The maximum absolute atomic E-state index is 12.3. The Morgan fingerprint density at radius 1 is 0.381 bits per heavy atom. The first-order chi connectivity index (χ1) is 31.1. The van der Waals surface area contributed by atoms with Crippen molar-refractivity contribution < 1.29 is 24.2 Å². The summed E-state index contributed by atoms with van der Waals surface area (Å²) in [6.07, 6.45) is 71.8. The minimum absolute atomic E-state index is 0.0667. The molecule has 0 aliphatic heterocycles. The summed E-state index contributed by atoms with van der Waals surface area (Å²) in [4.78, 5) is 24.5. The Morgan fingerprint density at radius 2 is 0.683 bits per heavy atom. The number of allylic oxidation sites excluding steroid dienone is 10. The van der Waals surface area contributed by atoms with E-state index in [1.54, 1.807) is 0 Å².